The van der Waals surface area contributed by atoms with E-state index in [2.05, 4.69) is 25.1 Å². The van der Waals surface area contributed by atoms with Crippen LogP contribution in [0, 0.1) is 0 Å². The van der Waals surface area contributed by atoms with Gasteiger partial charge >= 0.3 is 5.97 Å². The van der Waals surface area contributed by atoms with Crippen LogP contribution in [0.5, 0.6) is 5.75 Å². The lowest BCUT2D eigenvalue weighted by Crippen LogP contribution is -2.36. The van der Waals surface area contributed by atoms with Crippen molar-refractivity contribution in [3.8, 4) is 5.75 Å². The molecule has 0 spiro atoms. The maximum atomic E-state index is 12.9. The van der Waals surface area contributed by atoms with Crippen LogP contribution >= 0.6 is 11.6 Å². The lowest BCUT2D eigenvalue weighted by molar-refractivity contribution is -0.144. The van der Waals surface area contributed by atoms with E-state index in [0.29, 0.717) is 24.4 Å². The molecule has 36 heavy (non-hydrogen) atoms. The minimum Gasteiger partial charge on any atom is -0.487 e. The maximum absolute atomic E-state index is 12.9. The molecule has 0 aromatic heterocycles. The van der Waals surface area contributed by atoms with Crippen molar-refractivity contribution in [2.45, 2.75) is 51.0 Å². The Morgan fingerprint density at radius 3 is 2.42 bits per heavy atom. The third-order valence-electron chi connectivity index (χ3n) is 6.58. The number of benzene rings is 3. The quantitative estimate of drug-likeness (QED) is 0.360. The van der Waals surface area contributed by atoms with Gasteiger partial charge in [0.05, 0.1) is 0 Å². The topological polar surface area (TPSA) is 66.8 Å². The van der Waals surface area contributed by atoms with E-state index >= 15 is 0 Å². The largest absolute Gasteiger partial charge is 0.487 e. The number of aryl methyl sites for hydroxylation is 2. The van der Waals surface area contributed by atoms with Gasteiger partial charge in [0, 0.05) is 30.8 Å². The van der Waals surface area contributed by atoms with Crippen molar-refractivity contribution in [3.63, 3.8) is 0 Å². The van der Waals surface area contributed by atoms with E-state index in [1.54, 1.807) is 0 Å². The van der Waals surface area contributed by atoms with Crippen LogP contribution in [0.15, 0.2) is 72.8 Å². The van der Waals surface area contributed by atoms with Crippen LogP contribution in [0.25, 0.3) is 0 Å². The predicted molar refractivity (Wildman–Crippen MR) is 142 cm³/mol. The first-order valence-corrected chi connectivity index (χ1v) is 12.8. The first-order valence-electron chi connectivity index (χ1n) is 12.4. The van der Waals surface area contributed by atoms with Crippen LogP contribution in [-0.2, 0) is 35.3 Å². The summed E-state index contributed by atoms with van der Waals surface area (Å²) in [5.41, 5.74) is 4.28. The average Bonchev–Trinajstić information content (AvgIpc) is 3.18. The SMILES string of the molecule is C[C@]1(Cc2ccccc2)Cc2cc(CCC(=O)N(CCCc3ccc(Cl)cc3)CC(=O)O)ccc2O1. The number of aliphatic carboxylic acids is 1. The highest BCUT2D eigenvalue weighted by Gasteiger charge is 2.35. The maximum Gasteiger partial charge on any atom is 0.323 e. The molecule has 1 N–H and O–H groups in total. The number of ether oxygens (including phenoxy) is 1. The van der Waals surface area contributed by atoms with Crippen molar-refractivity contribution in [1.82, 2.24) is 4.90 Å². The zero-order chi connectivity index (χ0) is 25.5. The van der Waals surface area contributed by atoms with Gasteiger partial charge in [0.15, 0.2) is 0 Å². The van der Waals surface area contributed by atoms with Gasteiger partial charge in [-0.3, -0.25) is 9.59 Å². The molecule has 0 saturated heterocycles. The molecule has 188 valence electrons. The van der Waals surface area contributed by atoms with Gasteiger partial charge in [0.1, 0.15) is 17.9 Å². The van der Waals surface area contributed by atoms with E-state index in [1.165, 1.54) is 10.5 Å². The Balaban J connectivity index is 1.31. The molecule has 1 aliphatic heterocycles. The molecule has 0 unspecified atom stereocenters. The number of hydrogen-bond acceptors (Lipinski definition) is 3. The standard InChI is InChI=1S/C30H32ClNO4/c1-30(19-24-6-3-2-4-7-24)20-25-18-23(11-15-27(25)36-30)12-16-28(33)32(21-29(34)35)17-5-8-22-9-13-26(31)14-10-22/h2-4,6-7,9-11,13-15,18H,5,8,12,16-17,19-21H2,1H3,(H,34,35)/t30-/m0/s1. The van der Waals surface area contributed by atoms with E-state index in [0.717, 1.165) is 41.7 Å². The van der Waals surface area contributed by atoms with Crippen molar-refractivity contribution < 1.29 is 19.4 Å². The summed E-state index contributed by atoms with van der Waals surface area (Å²) in [4.78, 5) is 25.7. The van der Waals surface area contributed by atoms with E-state index in [-0.39, 0.29) is 24.5 Å². The summed E-state index contributed by atoms with van der Waals surface area (Å²) in [5, 5.41) is 9.98. The Morgan fingerprint density at radius 1 is 0.972 bits per heavy atom. The molecule has 1 atom stereocenters. The number of carboxylic acids is 1. The van der Waals surface area contributed by atoms with E-state index in [1.807, 2.05) is 54.6 Å². The molecular weight excluding hydrogens is 474 g/mol. The Morgan fingerprint density at radius 2 is 1.69 bits per heavy atom. The number of fused-ring (bicyclic) bond motifs is 1. The number of halogens is 1. The smallest absolute Gasteiger partial charge is 0.323 e. The molecule has 4 rings (SSSR count). The third-order valence-corrected chi connectivity index (χ3v) is 6.83. The summed E-state index contributed by atoms with van der Waals surface area (Å²) in [7, 11) is 0. The van der Waals surface area contributed by atoms with Gasteiger partial charge < -0.3 is 14.7 Å². The highest BCUT2D eigenvalue weighted by molar-refractivity contribution is 6.30. The molecular formula is C30H32ClNO4. The number of amides is 1. The first kappa shape index (κ1) is 25.8. The molecule has 5 nitrogen and oxygen atoms in total. The molecule has 1 heterocycles. The summed E-state index contributed by atoms with van der Waals surface area (Å²) < 4.78 is 6.30. The fourth-order valence-corrected chi connectivity index (χ4v) is 4.97. The molecule has 0 radical (unpaired) electrons. The van der Waals surface area contributed by atoms with Crippen molar-refractivity contribution in [1.29, 1.82) is 0 Å². The van der Waals surface area contributed by atoms with Gasteiger partial charge in [-0.05, 0) is 66.6 Å². The Bertz CT molecular complexity index is 1200. The number of hydrogen-bond donors (Lipinski definition) is 1. The Labute approximate surface area is 217 Å². The van der Waals surface area contributed by atoms with Crippen LogP contribution in [0.3, 0.4) is 0 Å². The van der Waals surface area contributed by atoms with Gasteiger partial charge in [-0.1, -0.05) is 66.2 Å². The minimum atomic E-state index is -0.998. The van der Waals surface area contributed by atoms with Gasteiger partial charge in [-0.25, -0.2) is 0 Å². The molecule has 3 aromatic carbocycles. The number of carboxylic acid groups (broad SMARTS) is 1. The van der Waals surface area contributed by atoms with Gasteiger partial charge in [-0.2, -0.15) is 0 Å². The number of carbonyl (C=O) groups excluding carboxylic acids is 1. The van der Waals surface area contributed by atoms with Gasteiger partial charge in [-0.15, -0.1) is 0 Å². The van der Waals surface area contributed by atoms with Crippen LogP contribution < -0.4 is 4.74 Å². The molecule has 1 aliphatic rings. The van der Waals surface area contributed by atoms with Gasteiger partial charge in [0.25, 0.3) is 0 Å². The molecule has 0 fully saturated rings. The molecule has 0 bridgehead atoms. The Kier molecular flexibility index (Phi) is 8.32. The summed E-state index contributed by atoms with van der Waals surface area (Å²) in [6.45, 7) is 2.26. The fourth-order valence-electron chi connectivity index (χ4n) is 4.85. The summed E-state index contributed by atoms with van der Waals surface area (Å²) in [6, 6.07) is 24.0. The Hall–Kier alpha value is -3.31. The molecule has 3 aromatic rings. The molecule has 0 saturated carbocycles. The summed E-state index contributed by atoms with van der Waals surface area (Å²) >= 11 is 5.93. The van der Waals surface area contributed by atoms with Crippen LogP contribution in [0.1, 0.15) is 42.0 Å². The zero-order valence-electron chi connectivity index (χ0n) is 20.6. The summed E-state index contributed by atoms with van der Waals surface area (Å²) in [6.07, 6.45) is 3.93. The van der Waals surface area contributed by atoms with Crippen LogP contribution in [0.2, 0.25) is 5.02 Å². The second kappa shape index (κ2) is 11.6. The zero-order valence-corrected chi connectivity index (χ0v) is 21.3. The lowest BCUT2D eigenvalue weighted by Gasteiger charge is -2.24. The van der Waals surface area contributed by atoms with Gasteiger partial charge in [0.2, 0.25) is 5.91 Å². The van der Waals surface area contributed by atoms with Crippen molar-refractivity contribution in [2.24, 2.45) is 0 Å². The average molecular weight is 506 g/mol. The normalized spacial score (nSPS) is 16.3. The highest BCUT2D eigenvalue weighted by atomic mass is 35.5. The molecule has 1 amide bonds. The van der Waals surface area contributed by atoms with E-state index in [9.17, 15) is 14.7 Å². The fraction of sp³-hybridized carbons (Fsp3) is 0.333. The number of rotatable bonds is 11. The van der Waals surface area contributed by atoms with Crippen LogP contribution in [-0.4, -0.2) is 40.6 Å². The predicted octanol–water partition coefficient (Wildman–Crippen LogP) is 5.75. The summed E-state index contributed by atoms with van der Waals surface area (Å²) in [5.74, 6) is -0.236. The van der Waals surface area contributed by atoms with E-state index < -0.39 is 5.97 Å². The second-order valence-electron chi connectivity index (χ2n) is 9.77. The highest BCUT2D eigenvalue weighted by Crippen LogP contribution is 2.37. The van der Waals surface area contributed by atoms with Crippen LogP contribution in [0.4, 0.5) is 0 Å². The monoisotopic (exact) mass is 505 g/mol. The second-order valence-corrected chi connectivity index (χ2v) is 10.2. The van der Waals surface area contributed by atoms with Crippen molar-refractivity contribution in [2.75, 3.05) is 13.1 Å². The third kappa shape index (κ3) is 7.11. The van der Waals surface area contributed by atoms with E-state index in [4.69, 9.17) is 16.3 Å². The lowest BCUT2D eigenvalue weighted by atomic mass is 9.91. The number of carbonyl (C=O) groups is 2. The minimum absolute atomic E-state index is 0.140. The number of nitrogens with zero attached hydrogens (tertiary/aromatic N) is 1. The molecule has 0 aliphatic carbocycles. The first-order chi connectivity index (χ1) is 17.3. The van der Waals surface area contributed by atoms with Crippen molar-refractivity contribution in [3.05, 3.63) is 100 Å². The molecule has 6 heteroatoms. The van der Waals surface area contributed by atoms with Crippen molar-refractivity contribution >= 4 is 23.5 Å².